The summed E-state index contributed by atoms with van der Waals surface area (Å²) in [5, 5.41) is 24.0. The van der Waals surface area contributed by atoms with Gasteiger partial charge in [-0.1, -0.05) is 60.7 Å². The first-order valence-corrected chi connectivity index (χ1v) is 9.10. The summed E-state index contributed by atoms with van der Waals surface area (Å²) in [5.41, 5.74) is 1.59. The van der Waals surface area contributed by atoms with E-state index < -0.39 is 11.8 Å². The topological polar surface area (TPSA) is 69.6 Å². The van der Waals surface area contributed by atoms with Gasteiger partial charge < -0.3 is 15.5 Å². The molecule has 0 aromatic heterocycles. The van der Waals surface area contributed by atoms with E-state index >= 15 is 4.39 Å². The fourth-order valence-corrected chi connectivity index (χ4v) is 3.37. The van der Waals surface area contributed by atoms with Gasteiger partial charge >= 0.3 is 5.97 Å². The van der Waals surface area contributed by atoms with Crippen LogP contribution in [0.15, 0.2) is 78.9 Å². The molecule has 4 nitrogen and oxygen atoms in total. The van der Waals surface area contributed by atoms with Crippen LogP contribution in [0, 0.1) is 5.82 Å². The summed E-state index contributed by atoms with van der Waals surface area (Å²) in [6.07, 6.45) is 0. The van der Waals surface area contributed by atoms with E-state index in [1.807, 2.05) is 24.3 Å². The van der Waals surface area contributed by atoms with E-state index in [1.165, 1.54) is 12.1 Å². The highest BCUT2D eigenvalue weighted by molar-refractivity contribution is 5.96. The number of carbonyl (C=O) groups is 1. The zero-order valence-electron chi connectivity index (χ0n) is 15.4. The maximum absolute atomic E-state index is 15.2. The Labute approximate surface area is 166 Å². The molecule has 4 rings (SSSR count). The molecule has 0 bridgehead atoms. The van der Waals surface area contributed by atoms with Gasteiger partial charge in [0, 0.05) is 17.5 Å². The number of aromatic hydroxyl groups is 1. The number of rotatable bonds is 5. The third kappa shape index (κ3) is 3.62. The van der Waals surface area contributed by atoms with Crippen LogP contribution < -0.4 is 5.32 Å². The second-order valence-electron chi connectivity index (χ2n) is 6.71. The van der Waals surface area contributed by atoms with E-state index in [1.54, 1.807) is 42.5 Å². The lowest BCUT2D eigenvalue weighted by Gasteiger charge is -2.14. The summed E-state index contributed by atoms with van der Waals surface area (Å²) >= 11 is 0. The van der Waals surface area contributed by atoms with Crippen LogP contribution in [0.25, 0.3) is 21.9 Å². The number of nitrogens with one attached hydrogen (secondary N) is 1. The Morgan fingerprint density at radius 1 is 0.931 bits per heavy atom. The van der Waals surface area contributed by atoms with Crippen molar-refractivity contribution >= 4 is 22.4 Å². The third-order valence-corrected chi connectivity index (χ3v) is 4.85. The highest BCUT2D eigenvalue weighted by atomic mass is 19.1. The molecule has 0 aliphatic carbocycles. The second-order valence-corrected chi connectivity index (χ2v) is 6.71. The third-order valence-electron chi connectivity index (χ3n) is 4.85. The Balaban J connectivity index is 1.70. The minimum Gasteiger partial charge on any atom is -0.507 e. The Morgan fingerprint density at radius 3 is 2.48 bits per heavy atom. The van der Waals surface area contributed by atoms with Gasteiger partial charge in [0.15, 0.2) is 5.82 Å². The number of fused-ring (bicyclic) bond motifs is 1. The van der Waals surface area contributed by atoms with Crippen molar-refractivity contribution in [3.05, 3.63) is 95.8 Å². The Kier molecular flexibility index (Phi) is 4.87. The molecule has 144 valence electrons. The van der Waals surface area contributed by atoms with E-state index in [4.69, 9.17) is 0 Å². The van der Waals surface area contributed by atoms with Crippen LogP contribution in [0.5, 0.6) is 5.75 Å². The summed E-state index contributed by atoms with van der Waals surface area (Å²) in [5.74, 6) is -1.66. The lowest BCUT2D eigenvalue weighted by molar-refractivity contribution is 0.0697. The van der Waals surface area contributed by atoms with E-state index in [9.17, 15) is 15.0 Å². The summed E-state index contributed by atoms with van der Waals surface area (Å²) in [7, 11) is 0. The van der Waals surface area contributed by atoms with Crippen molar-refractivity contribution in [1.82, 2.24) is 0 Å². The fraction of sp³-hybridized carbons (Fsp3) is 0.0417. The number of benzene rings is 4. The number of anilines is 1. The zero-order valence-corrected chi connectivity index (χ0v) is 15.4. The van der Waals surface area contributed by atoms with E-state index in [0.29, 0.717) is 16.5 Å². The first-order chi connectivity index (χ1) is 14.0. The Morgan fingerprint density at radius 2 is 1.72 bits per heavy atom. The number of carboxylic acid groups (broad SMARTS) is 1. The largest absolute Gasteiger partial charge is 0.507 e. The smallest absolute Gasteiger partial charge is 0.337 e. The fourth-order valence-electron chi connectivity index (χ4n) is 3.37. The lowest BCUT2D eigenvalue weighted by atomic mass is 10.0. The Hall–Kier alpha value is -3.86. The van der Waals surface area contributed by atoms with Crippen LogP contribution in [0.1, 0.15) is 15.9 Å². The zero-order chi connectivity index (χ0) is 20.4. The molecule has 0 spiro atoms. The van der Waals surface area contributed by atoms with E-state index in [-0.39, 0.29) is 23.5 Å². The van der Waals surface area contributed by atoms with Crippen LogP contribution in [0.2, 0.25) is 0 Å². The highest BCUT2D eigenvalue weighted by Crippen LogP contribution is 2.31. The van der Waals surface area contributed by atoms with Gasteiger partial charge in [-0.25, -0.2) is 9.18 Å². The molecule has 0 amide bonds. The van der Waals surface area contributed by atoms with E-state index in [0.717, 1.165) is 10.9 Å². The average molecular weight is 387 g/mol. The summed E-state index contributed by atoms with van der Waals surface area (Å²) in [6.45, 7) is 0.208. The molecule has 0 saturated heterocycles. The Bertz CT molecular complexity index is 1210. The van der Waals surface area contributed by atoms with Gasteiger partial charge in [-0.3, -0.25) is 0 Å². The van der Waals surface area contributed by atoms with Crippen molar-refractivity contribution in [1.29, 1.82) is 0 Å². The van der Waals surface area contributed by atoms with Crippen LogP contribution >= 0.6 is 0 Å². The molecule has 0 fully saturated rings. The van der Waals surface area contributed by atoms with Gasteiger partial charge in [-0.2, -0.15) is 0 Å². The number of halogens is 1. The minimum atomic E-state index is -1.21. The van der Waals surface area contributed by atoms with Crippen molar-refractivity contribution in [2.75, 3.05) is 5.32 Å². The van der Waals surface area contributed by atoms with Crippen molar-refractivity contribution in [2.45, 2.75) is 6.54 Å². The van der Waals surface area contributed by atoms with Crippen molar-refractivity contribution in [3.63, 3.8) is 0 Å². The summed E-state index contributed by atoms with van der Waals surface area (Å²) in [6, 6.07) is 22.6. The highest BCUT2D eigenvalue weighted by Gasteiger charge is 2.18. The maximum atomic E-state index is 15.2. The van der Waals surface area contributed by atoms with Crippen LogP contribution in [-0.4, -0.2) is 16.2 Å². The molecule has 0 unspecified atom stereocenters. The molecule has 29 heavy (non-hydrogen) atoms. The molecule has 0 saturated carbocycles. The molecular weight excluding hydrogens is 369 g/mol. The summed E-state index contributed by atoms with van der Waals surface area (Å²) in [4.78, 5) is 11.6. The monoisotopic (exact) mass is 387 g/mol. The number of phenols is 1. The first-order valence-electron chi connectivity index (χ1n) is 9.10. The molecule has 0 radical (unpaired) electrons. The number of hydrogen-bond donors (Lipinski definition) is 3. The maximum Gasteiger partial charge on any atom is 0.337 e. The van der Waals surface area contributed by atoms with Crippen molar-refractivity contribution in [3.8, 4) is 16.9 Å². The standard InChI is InChI=1S/C24H18FNO3/c25-22-18(16-5-2-1-3-6-16)11-12-19(24(28)29)23(22)26-14-15-9-10-17-7-4-8-21(27)20(17)13-15/h1-13,26-27H,14H2,(H,28,29). The number of aromatic carboxylic acids is 1. The minimum absolute atomic E-state index is 0.0590. The number of hydrogen-bond acceptors (Lipinski definition) is 3. The van der Waals surface area contributed by atoms with Crippen molar-refractivity contribution < 1.29 is 19.4 Å². The van der Waals surface area contributed by atoms with Gasteiger partial charge in [-0.15, -0.1) is 0 Å². The lowest BCUT2D eigenvalue weighted by Crippen LogP contribution is -2.09. The van der Waals surface area contributed by atoms with Crippen LogP contribution in [0.4, 0.5) is 10.1 Å². The predicted molar refractivity (Wildman–Crippen MR) is 112 cm³/mol. The van der Waals surface area contributed by atoms with Crippen LogP contribution in [-0.2, 0) is 6.54 Å². The first kappa shape index (κ1) is 18.5. The van der Waals surface area contributed by atoms with E-state index in [2.05, 4.69) is 5.32 Å². The molecule has 0 aliphatic rings. The molecule has 0 heterocycles. The van der Waals surface area contributed by atoms with Gasteiger partial charge in [0.1, 0.15) is 5.75 Å². The number of phenolic OH excluding ortho intramolecular Hbond substituents is 1. The van der Waals surface area contributed by atoms with Gasteiger partial charge in [-0.05, 0) is 34.7 Å². The molecule has 0 aliphatic heterocycles. The quantitative estimate of drug-likeness (QED) is 0.413. The molecule has 0 atom stereocenters. The normalized spacial score (nSPS) is 10.8. The van der Waals surface area contributed by atoms with Gasteiger partial charge in [0.2, 0.25) is 0 Å². The average Bonchev–Trinajstić information content (AvgIpc) is 2.73. The van der Waals surface area contributed by atoms with Crippen LogP contribution in [0.3, 0.4) is 0 Å². The SMILES string of the molecule is O=C(O)c1ccc(-c2ccccc2)c(F)c1NCc1ccc2cccc(O)c2c1. The van der Waals surface area contributed by atoms with Gasteiger partial charge in [0.25, 0.3) is 0 Å². The molecule has 3 N–H and O–H groups in total. The molecule has 4 aromatic carbocycles. The molecule has 5 heteroatoms. The molecule has 4 aromatic rings. The van der Waals surface area contributed by atoms with Crippen molar-refractivity contribution in [2.24, 2.45) is 0 Å². The van der Waals surface area contributed by atoms with Gasteiger partial charge in [0.05, 0.1) is 11.3 Å². The predicted octanol–water partition coefficient (Wildman–Crippen LogP) is 5.66. The second kappa shape index (κ2) is 7.64. The summed E-state index contributed by atoms with van der Waals surface area (Å²) < 4.78 is 15.2. The number of carboxylic acids is 1. The molecular formula is C24H18FNO3.